The van der Waals surface area contributed by atoms with Gasteiger partial charge in [-0.2, -0.15) is 0 Å². The Hall–Kier alpha value is -0.610. The van der Waals surface area contributed by atoms with Crippen molar-refractivity contribution in [1.82, 2.24) is 4.90 Å². The molecule has 2 aliphatic rings. The summed E-state index contributed by atoms with van der Waals surface area (Å²) in [5.74, 6) is 1.71. The predicted octanol–water partition coefficient (Wildman–Crippen LogP) is -0.298. The lowest BCUT2D eigenvalue weighted by Crippen LogP contribution is -2.33. The van der Waals surface area contributed by atoms with Crippen LogP contribution in [-0.4, -0.2) is 47.3 Å². The summed E-state index contributed by atoms with van der Waals surface area (Å²) >= 11 is 0. The summed E-state index contributed by atoms with van der Waals surface area (Å²) in [6.07, 6.45) is 1.10. The van der Waals surface area contributed by atoms with Crippen molar-refractivity contribution in [2.45, 2.75) is 13.3 Å². The molecule has 2 rings (SSSR count). The van der Waals surface area contributed by atoms with Gasteiger partial charge in [-0.15, -0.1) is 0 Å². The van der Waals surface area contributed by atoms with Gasteiger partial charge in [-0.1, -0.05) is 6.92 Å². The smallest absolute Gasteiger partial charge is 0.248 e. The summed E-state index contributed by atoms with van der Waals surface area (Å²) in [6.45, 7) is 3.50. The van der Waals surface area contributed by atoms with Gasteiger partial charge in [0.25, 0.3) is 0 Å². The van der Waals surface area contributed by atoms with E-state index in [1.165, 1.54) is 0 Å². The van der Waals surface area contributed by atoms with Crippen LogP contribution in [0.4, 0.5) is 0 Å². The number of hydrogen-bond acceptors (Lipinski definition) is 3. The molecule has 1 amide bonds. The van der Waals surface area contributed by atoms with E-state index in [9.17, 15) is 9.90 Å². The molecule has 4 nitrogen and oxygen atoms in total. The van der Waals surface area contributed by atoms with Crippen LogP contribution in [-0.2, 0) is 4.79 Å². The van der Waals surface area contributed by atoms with Gasteiger partial charge in [0.1, 0.15) is 6.61 Å². The average Bonchev–Trinajstić information content (AvgIpc) is 2.73. The number of aliphatic hydroxyl groups excluding tert-OH is 2. The van der Waals surface area contributed by atoms with Crippen LogP contribution in [0, 0.1) is 23.7 Å². The summed E-state index contributed by atoms with van der Waals surface area (Å²) in [4.78, 5) is 13.1. The van der Waals surface area contributed by atoms with Gasteiger partial charge >= 0.3 is 0 Å². The summed E-state index contributed by atoms with van der Waals surface area (Å²) in [5, 5.41) is 18.1. The van der Waals surface area contributed by atoms with E-state index in [4.69, 9.17) is 5.11 Å². The lowest BCUT2D eigenvalue weighted by molar-refractivity contribution is -0.133. The third-order valence-electron chi connectivity index (χ3n) is 4.15. The van der Waals surface area contributed by atoms with Crippen molar-refractivity contribution in [1.29, 1.82) is 0 Å². The van der Waals surface area contributed by atoms with Gasteiger partial charge in [0.15, 0.2) is 0 Å². The zero-order chi connectivity index (χ0) is 11.0. The van der Waals surface area contributed by atoms with E-state index in [1.807, 2.05) is 0 Å². The van der Waals surface area contributed by atoms with Gasteiger partial charge in [0.2, 0.25) is 5.91 Å². The Morgan fingerprint density at radius 2 is 2.13 bits per heavy atom. The Morgan fingerprint density at radius 1 is 1.40 bits per heavy atom. The Balaban J connectivity index is 2.02. The van der Waals surface area contributed by atoms with Gasteiger partial charge < -0.3 is 15.1 Å². The summed E-state index contributed by atoms with van der Waals surface area (Å²) < 4.78 is 0. The molecule has 0 aromatic heterocycles. The topological polar surface area (TPSA) is 60.8 Å². The molecule has 15 heavy (non-hydrogen) atoms. The second-order valence-electron chi connectivity index (χ2n) is 4.94. The number of carbonyl (C=O) groups is 1. The first-order valence-electron chi connectivity index (χ1n) is 5.66. The molecule has 1 heterocycles. The fourth-order valence-corrected chi connectivity index (χ4v) is 3.32. The van der Waals surface area contributed by atoms with Crippen LogP contribution in [0.3, 0.4) is 0 Å². The van der Waals surface area contributed by atoms with E-state index in [1.54, 1.807) is 4.90 Å². The molecule has 1 aliphatic heterocycles. The molecule has 1 saturated carbocycles. The van der Waals surface area contributed by atoms with Crippen LogP contribution >= 0.6 is 0 Å². The molecular weight excluding hydrogens is 194 g/mol. The molecule has 0 bridgehead atoms. The maximum atomic E-state index is 11.3. The minimum atomic E-state index is -0.390. The predicted molar refractivity (Wildman–Crippen MR) is 55.0 cm³/mol. The molecular formula is C11H19NO3. The Morgan fingerprint density at radius 3 is 2.73 bits per heavy atom. The van der Waals surface area contributed by atoms with E-state index in [2.05, 4.69) is 6.92 Å². The minimum absolute atomic E-state index is 0.172. The number of likely N-dealkylation sites (tertiary alicyclic amines) is 1. The molecule has 1 saturated heterocycles. The molecule has 4 heteroatoms. The van der Waals surface area contributed by atoms with Crippen molar-refractivity contribution in [3.8, 4) is 0 Å². The van der Waals surface area contributed by atoms with Gasteiger partial charge in [0, 0.05) is 19.7 Å². The summed E-state index contributed by atoms with van der Waals surface area (Å²) in [6, 6.07) is 0. The third-order valence-corrected chi connectivity index (χ3v) is 4.15. The zero-order valence-corrected chi connectivity index (χ0v) is 9.09. The molecule has 0 aromatic rings. The number of rotatable bonds is 2. The highest BCUT2D eigenvalue weighted by atomic mass is 16.3. The van der Waals surface area contributed by atoms with Crippen molar-refractivity contribution in [3.05, 3.63) is 0 Å². The van der Waals surface area contributed by atoms with Crippen molar-refractivity contribution < 1.29 is 15.0 Å². The van der Waals surface area contributed by atoms with E-state index >= 15 is 0 Å². The molecule has 0 radical (unpaired) electrons. The lowest BCUT2D eigenvalue weighted by Gasteiger charge is -2.21. The second kappa shape index (κ2) is 4.10. The van der Waals surface area contributed by atoms with Gasteiger partial charge in [0.05, 0.1) is 0 Å². The van der Waals surface area contributed by atoms with Crippen molar-refractivity contribution >= 4 is 5.91 Å². The summed E-state index contributed by atoms with van der Waals surface area (Å²) in [7, 11) is 0. The molecule has 2 fully saturated rings. The largest absolute Gasteiger partial charge is 0.396 e. The average molecular weight is 213 g/mol. The van der Waals surface area contributed by atoms with Crippen molar-refractivity contribution in [2.75, 3.05) is 26.3 Å². The number of carbonyl (C=O) groups excluding carboxylic acids is 1. The second-order valence-corrected chi connectivity index (χ2v) is 4.94. The maximum absolute atomic E-state index is 11.3. The van der Waals surface area contributed by atoms with E-state index < -0.39 is 6.61 Å². The van der Waals surface area contributed by atoms with Crippen LogP contribution in [0.25, 0.3) is 0 Å². The molecule has 2 N–H and O–H groups in total. The zero-order valence-electron chi connectivity index (χ0n) is 9.09. The Labute approximate surface area is 89.9 Å². The van der Waals surface area contributed by atoms with Crippen LogP contribution in [0.1, 0.15) is 13.3 Å². The highest BCUT2D eigenvalue weighted by Crippen LogP contribution is 2.45. The molecule has 4 unspecified atom stereocenters. The van der Waals surface area contributed by atoms with Crippen molar-refractivity contribution in [3.63, 3.8) is 0 Å². The maximum Gasteiger partial charge on any atom is 0.248 e. The molecule has 4 atom stereocenters. The fourth-order valence-electron chi connectivity index (χ4n) is 3.32. The van der Waals surface area contributed by atoms with E-state index in [0.29, 0.717) is 23.7 Å². The van der Waals surface area contributed by atoms with E-state index in [-0.39, 0.29) is 12.5 Å². The third kappa shape index (κ3) is 1.76. The van der Waals surface area contributed by atoms with Crippen LogP contribution in [0.5, 0.6) is 0 Å². The minimum Gasteiger partial charge on any atom is -0.396 e. The SMILES string of the molecule is CC1CC2CN(C(=O)CO)CC2C1CO. The highest BCUT2D eigenvalue weighted by Gasteiger charge is 2.46. The number of aliphatic hydroxyl groups is 2. The molecule has 0 aromatic carbocycles. The number of nitrogens with zero attached hydrogens (tertiary/aromatic N) is 1. The first-order valence-corrected chi connectivity index (χ1v) is 5.66. The van der Waals surface area contributed by atoms with Gasteiger partial charge in [-0.3, -0.25) is 4.79 Å². The standard InChI is InChI=1S/C11H19NO3/c1-7-2-8-3-12(11(15)6-14)4-9(8)10(7)5-13/h7-10,13-14H,2-6H2,1H3. The highest BCUT2D eigenvalue weighted by molar-refractivity contribution is 5.77. The fraction of sp³-hybridized carbons (Fsp3) is 0.909. The Kier molecular flexibility index (Phi) is 2.98. The molecule has 0 spiro atoms. The number of fused-ring (bicyclic) bond motifs is 1. The van der Waals surface area contributed by atoms with Gasteiger partial charge in [-0.25, -0.2) is 0 Å². The van der Waals surface area contributed by atoms with Crippen LogP contribution < -0.4 is 0 Å². The lowest BCUT2D eigenvalue weighted by atomic mass is 9.90. The summed E-state index contributed by atoms with van der Waals surface area (Å²) in [5.41, 5.74) is 0. The molecule has 86 valence electrons. The Bertz CT molecular complexity index is 256. The number of hydrogen-bond donors (Lipinski definition) is 2. The number of amides is 1. The molecule has 1 aliphatic carbocycles. The quantitative estimate of drug-likeness (QED) is 0.662. The van der Waals surface area contributed by atoms with E-state index in [0.717, 1.165) is 19.5 Å². The monoisotopic (exact) mass is 213 g/mol. The van der Waals surface area contributed by atoms with Gasteiger partial charge in [-0.05, 0) is 30.1 Å². The van der Waals surface area contributed by atoms with Crippen LogP contribution in [0.15, 0.2) is 0 Å². The normalized spacial score (nSPS) is 39.5. The first-order chi connectivity index (χ1) is 7.17. The first kappa shape index (κ1) is 10.9. The van der Waals surface area contributed by atoms with Crippen LogP contribution in [0.2, 0.25) is 0 Å². The van der Waals surface area contributed by atoms with Crippen molar-refractivity contribution in [2.24, 2.45) is 23.7 Å².